The molecule has 1 amide bonds. The molecule has 2 aromatic carbocycles. The van der Waals surface area contributed by atoms with Crippen molar-refractivity contribution in [3.63, 3.8) is 0 Å². The quantitative estimate of drug-likeness (QED) is 0.581. The lowest BCUT2D eigenvalue weighted by molar-refractivity contribution is -0.137. The number of anilines is 1. The minimum atomic E-state index is -0.916. The number of carboxylic acids is 1. The maximum Gasteiger partial charge on any atom is 0.323 e. The molecule has 6 nitrogen and oxygen atoms in total. The first kappa shape index (κ1) is 19.9. The number of nitrogens with zero attached hydrogens (tertiary/aromatic N) is 3. The van der Waals surface area contributed by atoms with Crippen molar-refractivity contribution in [1.29, 1.82) is 0 Å². The highest BCUT2D eigenvalue weighted by molar-refractivity contribution is 8.00. The number of carbonyl (C=O) groups excluding carboxylic acids is 1. The fraction of sp³-hybridized carbons (Fsp3) is 0.286. The maximum atomic E-state index is 13.1. The van der Waals surface area contributed by atoms with Gasteiger partial charge in [-0.25, -0.2) is 4.98 Å². The summed E-state index contributed by atoms with van der Waals surface area (Å²) in [6.45, 7) is 1.92. The molecule has 0 bridgehead atoms. The zero-order valence-electron chi connectivity index (χ0n) is 15.9. The lowest BCUT2D eigenvalue weighted by atomic mass is 10.2. The van der Waals surface area contributed by atoms with Gasteiger partial charge in [0, 0.05) is 17.6 Å². The Morgan fingerprint density at radius 1 is 1.18 bits per heavy atom. The van der Waals surface area contributed by atoms with Crippen LogP contribution in [0.25, 0.3) is 11.0 Å². The molecule has 0 saturated carbocycles. The molecule has 1 heterocycles. The van der Waals surface area contributed by atoms with E-state index in [9.17, 15) is 9.59 Å². The zero-order chi connectivity index (χ0) is 20.1. The lowest BCUT2D eigenvalue weighted by Gasteiger charge is -2.23. The molecule has 0 aliphatic carbocycles. The molecular formula is C21H23N3O3S. The van der Waals surface area contributed by atoms with Crippen molar-refractivity contribution in [1.82, 2.24) is 9.55 Å². The summed E-state index contributed by atoms with van der Waals surface area (Å²) in [5.74, 6) is -0.874. The first-order valence-corrected chi connectivity index (χ1v) is 10.0. The molecule has 1 N–H and O–H groups in total. The maximum absolute atomic E-state index is 13.1. The lowest BCUT2D eigenvalue weighted by Crippen LogP contribution is -2.34. The summed E-state index contributed by atoms with van der Waals surface area (Å²) in [5, 5.41) is 8.82. The summed E-state index contributed by atoms with van der Waals surface area (Å²) in [6.07, 6.45) is 3.16. The molecular weight excluding hydrogens is 374 g/mol. The van der Waals surface area contributed by atoms with Crippen LogP contribution >= 0.6 is 11.8 Å². The van der Waals surface area contributed by atoms with Crippen LogP contribution in [0.1, 0.15) is 19.8 Å². The number of para-hydroxylation sites is 2. The molecule has 7 heteroatoms. The molecule has 1 atom stereocenters. The number of carbonyl (C=O) groups is 2. The van der Waals surface area contributed by atoms with Gasteiger partial charge >= 0.3 is 5.97 Å². The summed E-state index contributed by atoms with van der Waals surface area (Å²) in [7, 11) is 1.79. The number of imidazole rings is 1. The molecule has 1 aromatic heterocycles. The average molecular weight is 398 g/mol. The highest BCUT2D eigenvalue weighted by Crippen LogP contribution is 2.33. The van der Waals surface area contributed by atoms with Crippen molar-refractivity contribution in [2.45, 2.75) is 36.5 Å². The van der Waals surface area contributed by atoms with Crippen molar-refractivity contribution < 1.29 is 14.7 Å². The van der Waals surface area contributed by atoms with E-state index in [0.29, 0.717) is 0 Å². The summed E-state index contributed by atoms with van der Waals surface area (Å²) < 4.78 is 1.61. The van der Waals surface area contributed by atoms with Gasteiger partial charge in [0.1, 0.15) is 12.1 Å². The van der Waals surface area contributed by atoms with Crippen LogP contribution in [0.15, 0.2) is 59.8 Å². The Kier molecular flexibility index (Phi) is 6.36. The molecule has 3 aromatic rings. The molecule has 0 spiro atoms. The fourth-order valence-electron chi connectivity index (χ4n) is 3.07. The van der Waals surface area contributed by atoms with Gasteiger partial charge in [0.05, 0.1) is 17.1 Å². The van der Waals surface area contributed by atoms with Gasteiger partial charge in [0.25, 0.3) is 0 Å². The average Bonchev–Trinajstić information content (AvgIpc) is 3.10. The minimum absolute atomic E-state index is 0.0417. The second kappa shape index (κ2) is 8.93. The first-order chi connectivity index (χ1) is 13.5. The van der Waals surface area contributed by atoms with Crippen molar-refractivity contribution in [3.8, 4) is 0 Å². The van der Waals surface area contributed by atoms with Crippen molar-refractivity contribution in [2.75, 3.05) is 11.9 Å². The third-order valence-corrected chi connectivity index (χ3v) is 5.79. The third kappa shape index (κ3) is 4.36. The van der Waals surface area contributed by atoms with E-state index in [0.717, 1.165) is 34.5 Å². The second-order valence-electron chi connectivity index (χ2n) is 6.52. The van der Waals surface area contributed by atoms with E-state index in [2.05, 4.69) is 11.9 Å². The number of carboxylic acid groups (broad SMARTS) is 1. The zero-order valence-corrected chi connectivity index (χ0v) is 16.7. The Balaban J connectivity index is 1.87. The number of hydrogen-bond acceptors (Lipinski definition) is 4. The number of benzene rings is 2. The summed E-state index contributed by atoms with van der Waals surface area (Å²) in [5.41, 5.74) is 2.34. The standard InChI is InChI=1S/C21H23N3O3S/c1-3-8-18(21(27)23(2)15-9-5-4-6-10-15)28-17-12-7-11-16-20(17)22-14-24(16)13-19(25)26/h4-7,9-12,14,18H,3,8,13H2,1-2H3,(H,25,26). The summed E-state index contributed by atoms with van der Waals surface area (Å²) in [4.78, 5) is 31.2. The molecule has 1 unspecified atom stereocenters. The Morgan fingerprint density at radius 2 is 1.93 bits per heavy atom. The number of hydrogen-bond donors (Lipinski definition) is 1. The van der Waals surface area contributed by atoms with Crippen LogP contribution in [-0.2, 0) is 16.1 Å². The predicted octanol–water partition coefficient (Wildman–Crippen LogP) is 4.04. The number of amides is 1. The Bertz CT molecular complexity index is 971. The van der Waals surface area contributed by atoms with E-state index >= 15 is 0 Å². The molecule has 28 heavy (non-hydrogen) atoms. The van der Waals surface area contributed by atoms with Gasteiger partial charge in [0.15, 0.2) is 0 Å². The highest BCUT2D eigenvalue weighted by Gasteiger charge is 2.24. The van der Waals surface area contributed by atoms with Gasteiger partial charge in [-0.1, -0.05) is 37.6 Å². The van der Waals surface area contributed by atoms with Gasteiger partial charge in [-0.3, -0.25) is 9.59 Å². The third-order valence-electron chi connectivity index (χ3n) is 4.49. The normalized spacial score (nSPS) is 12.1. The van der Waals surface area contributed by atoms with Crippen molar-refractivity contribution in [3.05, 3.63) is 54.9 Å². The van der Waals surface area contributed by atoms with Crippen LogP contribution in [0.4, 0.5) is 5.69 Å². The van der Waals surface area contributed by atoms with Crippen LogP contribution in [0.3, 0.4) is 0 Å². The summed E-state index contributed by atoms with van der Waals surface area (Å²) in [6, 6.07) is 15.2. The van der Waals surface area contributed by atoms with Crippen LogP contribution < -0.4 is 4.90 Å². The SMILES string of the molecule is CCCC(Sc1cccc2c1ncn2CC(=O)O)C(=O)N(C)c1ccccc1. The van der Waals surface area contributed by atoms with Crippen LogP contribution in [0, 0.1) is 0 Å². The Morgan fingerprint density at radius 3 is 2.61 bits per heavy atom. The van der Waals surface area contributed by atoms with E-state index in [1.165, 1.54) is 18.1 Å². The predicted molar refractivity (Wildman–Crippen MR) is 112 cm³/mol. The van der Waals surface area contributed by atoms with Gasteiger partial charge in [0.2, 0.25) is 5.91 Å². The monoisotopic (exact) mass is 397 g/mol. The molecule has 0 aliphatic heterocycles. The number of fused-ring (bicyclic) bond motifs is 1. The van der Waals surface area contributed by atoms with Crippen molar-refractivity contribution >= 4 is 40.4 Å². The van der Waals surface area contributed by atoms with Gasteiger partial charge in [-0.05, 0) is 30.7 Å². The fourth-order valence-corrected chi connectivity index (χ4v) is 4.42. The van der Waals surface area contributed by atoms with Gasteiger partial charge < -0.3 is 14.6 Å². The smallest absolute Gasteiger partial charge is 0.323 e. The van der Waals surface area contributed by atoms with Gasteiger partial charge in [-0.15, -0.1) is 11.8 Å². The number of rotatable bonds is 8. The molecule has 0 radical (unpaired) electrons. The topological polar surface area (TPSA) is 75.4 Å². The van der Waals surface area contributed by atoms with E-state index in [4.69, 9.17) is 5.11 Å². The molecule has 0 fully saturated rings. The van der Waals surface area contributed by atoms with Gasteiger partial charge in [-0.2, -0.15) is 0 Å². The number of aromatic nitrogens is 2. The van der Waals surface area contributed by atoms with E-state index < -0.39 is 5.97 Å². The molecule has 3 rings (SSSR count). The second-order valence-corrected chi connectivity index (χ2v) is 7.76. The Labute approximate surface area is 168 Å². The number of thioether (sulfide) groups is 1. The van der Waals surface area contributed by atoms with Crippen LogP contribution in [-0.4, -0.2) is 38.8 Å². The van der Waals surface area contributed by atoms with E-state index in [-0.39, 0.29) is 17.7 Å². The molecule has 0 aliphatic rings. The summed E-state index contributed by atoms with van der Waals surface area (Å²) >= 11 is 1.49. The largest absolute Gasteiger partial charge is 0.480 e. The highest BCUT2D eigenvalue weighted by atomic mass is 32.2. The van der Waals surface area contributed by atoms with E-state index in [1.807, 2.05) is 48.5 Å². The molecule has 0 saturated heterocycles. The first-order valence-electron chi connectivity index (χ1n) is 9.16. The molecule has 146 valence electrons. The van der Waals surface area contributed by atoms with E-state index in [1.54, 1.807) is 16.5 Å². The van der Waals surface area contributed by atoms with Crippen LogP contribution in [0.2, 0.25) is 0 Å². The minimum Gasteiger partial charge on any atom is -0.480 e. The van der Waals surface area contributed by atoms with Crippen molar-refractivity contribution in [2.24, 2.45) is 0 Å². The Hall–Kier alpha value is -2.80. The van der Waals surface area contributed by atoms with Crippen LogP contribution in [0.5, 0.6) is 0 Å². The number of aliphatic carboxylic acids is 1.